The molecule has 2 fully saturated rings. The summed E-state index contributed by atoms with van der Waals surface area (Å²) in [6.45, 7) is 7.06. The molecule has 1 aliphatic carbocycles. The van der Waals surface area contributed by atoms with Crippen molar-refractivity contribution in [1.29, 1.82) is 0 Å². The van der Waals surface area contributed by atoms with Gasteiger partial charge in [-0.25, -0.2) is 0 Å². The molecule has 0 amide bonds. The Morgan fingerprint density at radius 2 is 1.89 bits per heavy atom. The topological polar surface area (TPSA) is 53.0 Å². The second-order valence-electron chi connectivity index (χ2n) is 7.65. The fourth-order valence-corrected chi connectivity index (χ4v) is 4.17. The van der Waals surface area contributed by atoms with Crippen LogP contribution in [0.1, 0.15) is 31.4 Å². The highest BCUT2D eigenvalue weighted by atomic mass is 16.5. The first-order valence-electron chi connectivity index (χ1n) is 10.0. The maximum Gasteiger partial charge on any atom is 0.325 e. The van der Waals surface area contributed by atoms with Crippen LogP contribution in [0, 0.1) is 5.92 Å². The zero-order chi connectivity index (χ0) is 18.8. The minimum Gasteiger partial charge on any atom is -0.493 e. The summed E-state index contributed by atoms with van der Waals surface area (Å²) < 4.78 is 5.85. The fraction of sp³-hybridized carbons (Fsp3) is 0.500. The second kappa shape index (κ2) is 7.87. The molecule has 5 nitrogen and oxygen atoms in total. The molecule has 2 aliphatic rings. The fourth-order valence-electron chi connectivity index (χ4n) is 4.17. The van der Waals surface area contributed by atoms with Crippen LogP contribution in [0.2, 0.25) is 0 Å². The third kappa shape index (κ3) is 3.94. The minimum atomic E-state index is -0.803. The van der Waals surface area contributed by atoms with Crippen LogP contribution in [0.4, 0.5) is 0 Å². The molecule has 0 spiro atoms. The lowest BCUT2D eigenvalue weighted by molar-refractivity contribution is -0.144. The number of piperazine rings is 1. The zero-order valence-electron chi connectivity index (χ0n) is 15.9. The van der Waals surface area contributed by atoms with E-state index in [-0.39, 0.29) is 0 Å². The number of ether oxygens (including phenoxy) is 1. The van der Waals surface area contributed by atoms with Crippen molar-refractivity contribution < 1.29 is 14.6 Å². The number of nitrogens with zero attached hydrogens (tertiary/aromatic N) is 2. The lowest BCUT2D eigenvalue weighted by Crippen LogP contribution is -2.49. The van der Waals surface area contributed by atoms with Gasteiger partial charge in [0, 0.05) is 38.3 Å². The molecule has 1 saturated heterocycles. The van der Waals surface area contributed by atoms with Gasteiger partial charge >= 0.3 is 5.97 Å². The van der Waals surface area contributed by atoms with E-state index in [0.29, 0.717) is 12.4 Å². The summed E-state index contributed by atoms with van der Waals surface area (Å²) >= 11 is 0. The van der Waals surface area contributed by atoms with Gasteiger partial charge in [-0.1, -0.05) is 30.3 Å². The molecule has 0 bridgehead atoms. The molecule has 1 saturated carbocycles. The Hall–Kier alpha value is -2.11. The summed E-state index contributed by atoms with van der Waals surface area (Å²) in [6.07, 6.45) is 2.71. The third-order valence-corrected chi connectivity index (χ3v) is 5.72. The van der Waals surface area contributed by atoms with Crippen molar-refractivity contribution in [2.24, 2.45) is 5.92 Å². The van der Waals surface area contributed by atoms with Gasteiger partial charge in [-0.15, -0.1) is 0 Å². The van der Waals surface area contributed by atoms with Gasteiger partial charge in [0.15, 0.2) is 0 Å². The van der Waals surface area contributed by atoms with Crippen LogP contribution in [0.5, 0.6) is 5.75 Å². The molecule has 2 aromatic rings. The van der Waals surface area contributed by atoms with E-state index in [2.05, 4.69) is 9.80 Å². The summed E-state index contributed by atoms with van der Waals surface area (Å²) in [5.41, 5.74) is 0.790. The summed E-state index contributed by atoms with van der Waals surface area (Å²) in [4.78, 5) is 17.0. The Balaban J connectivity index is 1.65. The van der Waals surface area contributed by atoms with E-state index in [0.717, 1.165) is 48.4 Å². The molecule has 144 valence electrons. The smallest absolute Gasteiger partial charge is 0.325 e. The summed E-state index contributed by atoms with van der Waals surface area (Å²) in [6, 6.07) is 11.2. The maximum absolute atomic E-state index is 12.4. The number of carbonyl (C=O) groups is 1. The summed E-state index contributed by atoms with van der Waals surface area (Å²) in [5.74, 6) is 0.751. The number of hydrogen-bond donors (Lipinski definition) is 1. The van der Waals surface area contributed by atoms with E-state index in [1.54, 1.807) is 0 Å². The van der Waals surface area contributed by atoms with Gasteiger partial charge in [0.2, 0.25) is 0 Å². The molecule has 27 heavy (non-hydrogen) atoms. The van der Waals surface area contributed by atoms with Crippen molar-refractivity contribution in [2.75, 3.05) is 39.3 Å². The molecule has 2 aromatic carbocycles. The Bertz CT molecular complexity index is 810. The molecule has 1 aliphatic heterocycles. The van der Waals surface area contributed by atoms with Gasteiger partial charge in [0.25, 0.3) is 0 Å². The quantitative estimate of drug-likeness (QED) is 0.812. The normalized spacial score (nSPS) is 19.9. The Labute approximate surface area is 160 Å². The molecular weight excluding hydrogens is 340 g/mol. The van der Waals surface area contributed by atoms with Gasteiger partial charge in [0.05, 0.1) is 6.61 Å². The molecule has 5 heteroatoms. The maximum atomic E-state index is 12.4. The van der Waals surface area contributed by atoms with Crippen LogP contribution in [0.25, 0.3) is 10.8 Å². The number of benzene rings is 2. The molecule has 0 aromatic heterocycles. The third-order valence-electron chi connectivity index (χ3n) is 5.72. The number of fused-ring (bicyclic) bond motifs is 1. The lowest BCUT2D eigenvalue weighted by atomic mass is 9.96. The highest BCUT2D eigenvalue weighted by molar-refractivity contribution is 5.92. The molecule has 0 unspecified atom stereocenters. The first kappa shape index (κ1) is 18.3. The number of rotatable bonds is 7. The van der Waals surface area contributed by atoms with Crippen LogP contribution in [-0.2, 0) is 4.79 Å². The predicted octanol–water partition coefficient (Wildman–Crippen LogP) is 3.39. The monoisotopic (exact) mass is 368 g/mol. The van der Waals surface area contributed by atoms with E-state index in [1.165, 1.54) is 19.4 Å². The second-order valence-corrected chi connectivity index (χ2v) is 7.65. The standard InChI is InChI=1S/C22H28N2O3/c1-2-27-19-10-9-17-5-3-4-6-18(17)20(19)21(22(25)26)24-13-11-23(12-14-24)15-16-7-8-16/h3-6,9-10,16,21H,2,7-8,11-15H2,1H3,(H,25,26)/t21-/m1/s1. The van der Waals surface area contributed by atoms with Crippen molar-refractivity contribution in [2.45, 2.75) is 25.8 Å². The van der Waals surface area contributed by atoms with E-state index in [1.807, 2.05) is 43.3 Å². The molecule has 4 rings (SSSR count). The van der Waals surface area contributed by atoms with Crippen molar-refractivity contribution >= 4 is 16.7 Å². The van der Waals surface area contributed by atoms with Crippen molar-refractivity contribution in [3.05, 3.63) is 42.0 Å². The van der Waals surface area contributed by atoms with Crippen LogP contribution >= 0.6 is 0 Å². The average Bonchev–Trinajstić information content (AvgIpc) is 3.49. The molecule has 1 N–H and O–H groups in total. The average molecular weight is 368 g/mol. The van der Waals surface area contributed by atoms with Gasteiger partial charge in [0.1, 0.15) is 11.8 Å². The minimum absolute atomic E-state index is 0.521. The number of aliphatic carboxylic acids is 1. The van der Waals surface area contributed by atoms with Crippen LogP contribution in [0.15, 0.2) is 36.4 Å². The van der Waals surface area contributed by atoms with Gasteiger partial charge < -0.3 is 14.7 Å². The largest absolute Gasteiger partial charge is 0.493 e. The van der Waals surface area contributed by atoms with E-state index < -0.39 is 12.0 Å². The number of carboxylic acids is 1. The van der Waals surface area contributed by atoms with Crippen LogP contribution in [0.3, 0.4) is 0 Å². The SMILES string of the molecule is CCOc1ccc2ccccc2c1[C@H](C(=O)O)N1CCN(CC2CC2)CC1. The van der Waals surface area contributed by atoms with Crippen molar-refractivity contribution in [3.63, 3.8) is 0 Å². The first-order chi connectivity index (χ1) is 13.2. The number of hydrogen-bond acceptors (Lipinski definition) is 4. The number of carboxylic acid groups (broad SMARTS) is 1. The Kier molecular flexibility index (Phi) is 5.32. The predicted molar refractivity (Wildman–Crippen MR) is 106 cm³/mol. The van der Waals surface area contributed by atoms with Crippen molar-refractivity contribution in [1.82, 2.24) is 9.80 Å². The zero-order valence-corrected chi connectivity index (χ0v) is 15.9. The van der Waals surface area contributed by atoms with E-state index in [4.69, 9.17) is 4.74 Å². The van der Waals surface area contributed by atoms with Crippen LogP contribution < -0.4 is 4.74 Å². The van der Waals surface area contributed by atoms with Crippen LogP contribution in [-0.4, -0.2) is 60.2 Å². The molecule has 1 heterocycles. The summed E-state index contributed by atoms with van der Waals surface area (Å²) in [5, 5.41) is 12.2. The van der Waals surface area contributed by atoms with Gasteiger partial charge in [-0.05, 0) is 42.5 Å². The highest BCUT2D eigenvalue weighted by Crippen LogP contribution is 2.37. The van der Waals surface area contributed by atoms with E-state index in [9.17, 15) is 9.90 Å². The lowest BCUT2D eigenvalue weighted by Gasteiger charge is -2.38. The van der Waals surface area contributed by atoms with Crippen molar-refractivity contribution in [3.8, 4) is 5.75 Å². The Morgan fingerprint density at radius 1 is 1.15 bits per heavy atom. The summed E-state index contributed by atoms with van der Waals surface area (Å²) in [7, 11) is 0. The van der Waals surface area contributed by atoms with Gasteiger partial charge in [-0.3, -0.25) is 9.69 Å². The molecular formula is C22H28N2O3. The van der Waals surface area contributed by atoms with E-state index >= 15 is 0 Å². The first-order valence-corrected chi connectivity index (χ1v) is 10.0. The van der Waals surface area contributed by atoms with Gasteiger partial charge in [-0.2, -0.15) is 0 Å². The molecule has 1 atom stereocenters. The Morgan fingerprint density at radius 3 is 2.56 bits per heavy atom. The molecule has 0 radical (unpaired) electrons. The highest BCUT2D eigenvalue weighted by Gasteiger charge is 2.34.